The number of aromatic nitrogens is 4. The molecule has 0 N–H and O–H groups in total. The summed E-state index contributed by atoms with van der Waals surface area (Å²) in [6, 6.07) is 19.2. The monoisotopic (exact) mass is 499 g/mol. The molecule has 0 bridgehead atoms. The molecule has 1 saturated heterocycles. The second kappa shape index (κ2) is 8.44. The third-order valence-electron chi connectivity index (χ3n) is 6.41. The van der Waals surface area contributed by atoms with Crippen molar-refractivity contribution in [2.45, 2.75) is 17.9 Å². The molecule has 6 rings (SSSR count). The van der Waals surface area contributed by atoms with Crippen molar-refractivity contribution in [3.8, 4) is 17.7 Å². The van der Waals surface area contributed by atoms with Crippen LogP contribution in [0.5, 0.6) is 0 Å². The summed E-state index contributed by atoms with van der Waals surface area (Å²) < 4.78 is 35.9. The summed E-state index contributed by atoms with van der Waals surface area (Å²) in [7, 11) is -3.85. The van der Waals surface area contributed by atoms with Crippen molar-refractivity contribution < 1.29 is 12.8 Å². The predicted octanol–water partition coefficient (Wildman–Crippen LogP) is 3.31. The Hall–Kier alpha value is -4.27. The van der Waals surface area contributed by atoms with Gasteiger partial charge in [0.05, 0.1) is 22.2 Å². The summed E-state index contributed by atoms with van der Waals surface area (Å²) in [5.74, 6) is 1.69. The van der Waals surface area contributed by atoms with Crippen molar-refractivity contribution in [2.75, 3.05) is 24.5 Å². The SMILES string of the molecule is C[C@@H]1CN(c2nc3ccccc3c3nnc(-c4ccco4)n23)CCN1S(=O)(=O)c1ccccc1C#N. The molecule has 10 nitrogen and oxygen atoms in total. The normalized spacial score (nSPS) is 17.0. The highest BCUT2D eigenvalue weighted by Gasteiger charge is 2.36. The Labute approximate surface area is 207 Å². The highest BCUT2D eigenvalue weighted by Crippen LogP contribution is 2.31. The largest absolute Gasteiger partial charge is 0.461 e. The van der Waals surface area contributed by atoms with E-state index in [0.717, 1.165) is 10.9 Å². The van der Waals surface area contributed by atoms with E-state index in [1.165, 1.54) is 16.4 Å². The molecule has 2 aromatic carbocycles. The maximum atomic E-state index is 13.5. The first kappa shape index (κ1) is 22.2. The van der Waals surface area contributed by atoms with Gasteiger partial charge >= 0.3 is 0 Å². The molecule has 0 amide bonds. The minimum absolute atomic E-state index is 0.0259. The summed E-state index contributed by atoms with van der Waals surface area (Å²) in [5, 5.41) is 19.1. The lowest BCUT2D eigenvalue weighted by atomic mass is 10.2. The maximum Gasteiger partial charge on any atom is 0.244 e. The third kappa shape index (κ3) is 3.42. The molecule has 0 saturated carbocycles. The molecule has 1 aliphatic rings. The number of sulfonamides is 1. The van der Waals surface area contributed by atoms with Crippen molar-refractivity contribution in [3.05, 3.63) is 72.5 Å². The number of rotatable bonds is 4. The Morgan fingerprint density at radius 2 is 1.83 bits per heavy atom. The van der Waals surface area contributed by atoms with Crippen LogP contribution in [0.3, 0.4) is 0 Å². The Bertz CT molecular complexity index is 1740. The van der Waals surface area contributed by atoms with Crippen molar-refractivity contribution in [2.24, 2.45) is 0 Å². The van der Waals surface area contributed by atoms with E-state index in [9.17, 15) is 13.7 Å². The van der Waals surface area contributed by atoms with Crippen molar-refractivity contribution >= 4 is 32.5 Å². The molecule has 0 aliphatic carbocycles. The molecular formula is C25H21N7O3S. The van der Waals surface area contributed by atoms with Crippen LogP contribution < -0.4 is 4.90 Å². The van der Waals surface area contributed by atoms with Crippen LogP contribution in [0, 0.1) is 11.3 Å². The molecule has 0 unspecified atom stereocenters. The highest BCUT2D eigenvalue weighted by atomic mass is 32.2. The number of piperazine rings is 1. The molecule has 5 aromatic rings. The average molecular weight is 500 g/mol. The fraction of sp³-hybridized carbons (Fsp3) is 0.200. The van der Waals surface area contributed by atoms with Crippen molar-refractivity contribution in [1.29, 1.82) is 5.26 Å². The number of hydrogen-bond acceptors (Lipinski definition) is 8. The predicted molar refractivity (Wildman–Crippen MR) is 133 cm³/mol. The Kier molecular flexibility index (Phi) is 5.21. The number of anilines is 1. The van der Waals surface area contributed by atoms with Crippen molar-refractivity contribution in [3.63, 3.8) is 0 Å². The van der Waals surface area contributed by atoms with Crippen LogP contribution in [0.2, 0.25) is 0 Å². The second-order valence-corrected chi connectivity index (χ2v) is 10.5. The Balaban J connectivity index is 1.42. The minimum atomic E-state index is -3.85. The number of fused-ring (bicyclic) bond motifs is 3. The van der Waals surface area contributed by atoms with Gasteiger partial charge in [0, 0.05) is 31.1 Å². The third-order valence-corrected chi connectivity index (χ3v) is 8.49. The Morgan fingerprint density at radius 1 is 1.03 bits per heavy atom. The molecule has 36 heavy (non-hydrogen) atoms. The number of para-hydroxylation sites is 1. The number of benzene rings is 2. The molecule has 4 heterocycles. The number of hydrogen-bond donors (Lipinski definition) is 0. The fourth-order valence-corrected chi connectivity index (χ4v) is 6.49. The van der Waals surface area contributed by atoms with Gasteiger partial charge in [0.1, 0.15) is 6.07 Å². The van der Waals surface area contributed by atoms with Crippen LogP contribution in [0.15, 0.2) is 76.2 Å². The number of nitrogens with zero attached hydrogens (tertiary/aromatic N) is 7. The van der Waals surface area contributed by atoms with E-state index >= 15 is 0 Å². The summed E-state index contributed by atoms with van der Waals surface area (Å²) in [6.07, 6.45) is 1.58. The smallest absolute Gasteiger partial charge is 0.244 e. The lowest BCUT2D eigenvalue weighted by molar-refractivity contribution is 0.304. The van der Waals surface area contributed by atoms with E-state index in [2.05, 4.69) is 10.2 Å². The zero-order valence-corrected chi connectivity index (χ0v) is 20.1. The molecule has 1 atom stereocenters. The van der Waals surface area contributed by atoms with Gasteiger partial charge < -0.3 is 9.32 Å². The highest BCUT2D eigenvalue weighted by molar-refractivity contribution is 7.89. The van der Waals surface area contributed by atoms with Gasteiger partial charge in [-0.15, -0.1) is 10.2 Å². The molecule has 0 spiro atoms. The zero-order chi connectivity index (χ0) is 24.9. The first-order valence-corrected chi connectivity index (χ1v) is 12.9. The summed E-state index contributed by atoms with van der Waals surface area (Å²) in [5.41, 5.74) is 1.55. The lowest BCUT2D eigenvalue weighted by Crippen LogP contribution is -2.54. The molecule has 1 aliphatic heterocycles. The number of furan rings is 1. The van der Waals surface area contributed by atoms with Gasteiger partial charge in [-0.2, -0.15) is 9.57 Å². The van der Waals surface area contributed by atoms with Crippen LogP contribution >= 0.6 is 0 Å². The van der Waals surface area contributed by atoms with E-state index in [-0.39, 0.29) is 23.0 Å². The molecule has 1 fully saturated rings. The van der Waals surface area contributed by atoms with Crippen LogP contribution in [0.4, 0.5) is 5.95 Å². The molecule has 0 radical (unpaired) electrons. The minimum Gasteiger partial charge on any atom is -0.461 e. The van der Waals surface area contributed by atoms with Crippen molar-refractivity contribution in [1.82, 2.24) is 23.9 Å². The van der Waals surface area contributed by atoms with E-state index < -0.39 is 10.0 Å². The van der Waals surface area contributed by atoms with Gasteiger partial charge in [0.2, 0.25) is 21.8 Å². The standard InChI is InChI=1S/C25H21N7O3S/c1-17-16-30(12-13-31(17)36(33,34)22-11-5-2-7-18(22)15-26)25-27-20-9-4-3-8-19(20)23-28-29-24(32(23)25)21-10-6-14-35-21/h2-11,14,17H,12-13,16H2,1H3/t17-/m1/s1. The molecule has 11 heteroatoms. The Morgan fingerprint density at radius 3 is 2.61 bits per heavy atom. The maximum absolute atomic E-state index is 13.5. The van der Waals surface area contributed by atoms with Gasteiger partial charge in [-0.3, -0.25) is 0 Å². The fourth-order valence-electron chi connectivity index (χ4n) is 4.73. The molecule has 180 valence electrons. The molecular weight excluding hydrogens is 478 g/mol. The quantitative estimate of drug-likeness (QED) is 0.369. The van der Waals surface area contributed by atoms with Gasteiger partial charge in [-0.05, 0) is 43.3 Å². The first-order chi connectivity index (χ1) is 17.5. The average Bonchev–Trinajstić information content (AvgIpc) is 3.58. The molecule has 3 aromatic heterocycles. The zero-order valence-electron chi connectivity index (χ0n) is 19.3. The first-order valence-electron chi connectivity index (χ1n) is 11.4. The van der Waals surface area contributed by atoms with Gasteiger partial charge in [0.15, 0.2) is 11.4 Å². The van der Waals surface area contributed by atoms with Crippen LogP contribution in [-0.4, -0.2) is 58.0 Å². The van der Waals surface area contributed by atoms with Gasteiger partial charge in [-0.1, -0.05) is 24.3 Å². The van der Waals surface area contributed by atoms with E-state index in [1.54, 1.807) is 24.5 Å². The summed E-state index contributed by atoms with van der Waals surface area (Å²) >= 11 is 0. The lowest BCUT2D eigenvalue weighted by Gasteiger charge is -2.39. The summed E-state index contributed by atoms with van der Waals surface area (Å²) in [6.45, 7) is 2.88. The topological polar surface area (TPSA) is 121 Å². The number of nitriles is 1. The van der Waals surface area contributed by atoms with Crippen LogP contribution in [-0.2, 0) is 10.0 Å². The van der Waals surface area contributed by atoms with Gasteiger partial charge in [0.25, 0.3) is 0 Å². The van der Waals surface area contributed by atoms with E-state index in [4.69, 9.17) is 9.40 Å². The van der Waals surface area contributed by atoms with E-state index in [0.29, 0.717) is 36.3 Å². The van der Waals surface area contributed by atoms with Gasteiger partial charge in [-0.25, -0.2) is 17.8 Å². The van der Waals surface area contributed by atoms with Crippen LogP contribution in [0.1, 0.15) is 12.5 Å². The summed E-state index contributed by atoms with van der Waals surface area (Å²) in [4.78, 5) is 7.00. The van der Waals surface area contributed by atoms with E-state index in [1.807, 2.05) is 52.6 Å². The second-order valence-electron chi connectivity index (χ2n) is 8.61. The van der Waals surface area contributed by atoms with Crippen LogP contribution in [0.25, 0.3) is 28.1 Å².